The summed E-state index contributed by atoms with van der Waals surface area (Å²) in [6.07, 6.45) is 0. The highest BCUT2D eigenvalue weighted by Gasteiger charge is 2.17. The summed E-state index contributed by atoms with van der Waals surface area (Å²) < 4.78 is 30.4. The summed E-state index contributed by atoms with van der Waals surface area (Å²) in [7, 11) is 4.66. The van der Waals surface area contributed by atoms with Crippen LogP contribution in [0.1, 0.15) is 5.56 Å². The molecule has 0 atom stereocenters. The zero-order valence-corrected chi connectivity index (χ0v) is 17.7. The molecule has 1 N–H and O–H groups in total. The molecule has 3 aromatic carbocycles. The third-order valence-corrected chi connectivity index (χ3v) is 4.96. The van der Waals surface area contributed by atoms with Crippen molar-refractivity contribution in [3.63, 3.8) is 0 Å². The molecule has 4 aromatic rings. The quantitative estimate of drug-likeness (QED) is 0.444. The number of aromatic nitrogens is 2. The number of benzene rings is 3. The van der Waals surface area contributed by atoms with E-state index in [0.717, 1.165) is 10.9 Å². The first-order valence-electron chi connectivity index (χ1n) is 9.64. The van der Waals surface area contributed by atoms with Crippen LogP contribution in [-0.4, -0.2) is 31.3 Å². The molecule has 0 aliphatic carbocycles. The molecule has 158 valence electrons. The number of hydrogen-bond acceptors (Lipinski definition) is 6. The fraction of sp³-hybridized carbons (Fsp3) is 0.167. The minimum Gasteiger partial charge on any atom is -0.493 e. The Morgan fingerprint density at radius 1 is 0.839 bits per heavy atom. The molecule has 0 aliphatic heterocycles. The molecule has 1 heterocycles. The second-order valence-corrected chi connectivity index (χ2v) is 6.92. The third kappa shape index (κ3) is 3.94. The highest BCUT2D eigenvalue weighted by Crippen LogP contribution is 2.41. The van der Waals surface area contributed by atoms with Crippen molar-refractivity contribution in [2.45, 2.75) is 6.92 Å². The zero-order chi connectivity index (χ0) is 22.0. The van der Waals surface area contributed by atoms with Gasteiger partial charge in [-0.15, -0.1) is 0 Å². The molecule has 4 rings (SSSR count). The van der Waals surface area contributed by atoms with E-state index < -0.39 is 0 Å². The maximum absolute atomic E-state index is 14.1. The molecule has 0 spiro atoms. The Kier molecular flexibility index (Phi) is 5.58. The van der Waals surface area contributed by atoms with Gasteiger partial charge in [0.05, 0.1) is 26.8 Å². The van der Waals surface area contributed by atoms with Crippen molar-refractivity contribution in [2.24, 2.45) is 0 Å². The third-order valence-electron chi connectivity index (χ3n) is 4.96. The van der Waals surface area contributed by atoms with Gasteiger partial charge in [0.25, 0.3) is 0 Å². The van der Waals surface area contributed by atoms with E-state index in [2.05, 4.69) is 5.32 Å². The number of hydrogen-bond donors (Lipinski definition) is 1. The number of ether oxygens (including phenoxy) is 3. The number of methoxy groups -OCH3 is 3. The normalized spacial score (nSPS) is 10.7. The molecule has 6 nitrogen and oxygen atoms in total. The van der Waals surface area contributed by atoms with Gasteiger partial charge in [-0.2, -0.15) is 0 Å². The molecule has 0 bridgehead atoms. The van der Waals surface area contributed by atoms with Gasteiger partial charge in [-0.05, 0) is 48.9 Å². The Balaban J connectivity index is 1.87. The first-order chi connectivity index (χ1) is 15.0. The number of anilines is 2. The van der Waals surface area contributed by atoms with Crippen molar-refractivity contribution in [2.75, 3.05) is 26.6 Å². The van der Waals surface area contributed by atoms with E-state index >= 15 is 0 Å². The number of para-hydroxylation sites is 1. The standard InChI is InChI=1S/C24H22FN3O3/c1-14-9-10-16(13-18(14)25)26-24-17-7-5-6-8-19(17)27-23(28-24)15-11-20(29-2)22(31-4)21(12-15)30-3/h5-13H,1-4H3,(H,26,27,28). The average molecular weight is 419 g/mol. The first-order valence-corrected chi connectivity index (χ1v) is 9.64. The lowest BCUT2D eigenvalue weighted by Crippen LogP contribution is -2.01. The molecule has 0 saturated heterocycles. The molecule has 0 radical (unpaired) electrons. The second-order valence-electron chi connectivity index (χ2n) is 6.92. The van der Waals surface area contributed by atoms with Crippen LogP contribution in [0.25, 0.3) is 22.3 Å². The van der Waals surface area contributed by atoms with Gasteiger partial charge < -0.3 is 19.5 Å². The first kappa shape index (κ1) is 20.4. The van der Waals surface area contributed by atoms with Gasteiger partial charge in [-0.3, -0.25) is 0 Å². The SMILES string of the molecule is COc1cc(-c2nc(Nc3ccc(C)c(F)c3)c3ccccc3n2)cc(OC)c1OC. The summed E-state index contributed by atoms with van der Waals surface area (Å²) in [5, 5.41) is 4.05. The monoisotopic (exact) mass is 419 g/mol. The molecule has 0 amide bonds. The van der Waals surface area contributed by atoms with Crippen LogP contribution in [0.4, 0.5) is 15.9 Å². The van der Waals surface area contributed by atoms with E-state index in [0.29, 0.717) is 45.7 Å². The van der Waals surface area contributed by atoms with Crippen LogP contribution >= 0.6 is 0 Å². The summed E-state index contributed by atoms with van der Waals surface area (Å²) in [5.74, 6) is 2.24. The number of halogens is 1. The summed E-state index contributed by atoms with van der Waals surface area (Å²) in [6.45, 7) is 1.72. The fourth-order valence-corrected chi connectivity index (χ4v) is 3.32. The molecule has 0 aliphatic rings. The zero-order valence-electron chi connectivity index (χ0n) is 17.7. The molecular formula is C24H22FN3O3. The molecule has 1 aromatic heterocycles. The lowest BCUT2D eigenvalue weighted by Gasteiger charge is -2.15. The predicted octanol–water partition coefficient (Wildman–Crippen LogP) is 5.51. The van der Waals surface area contributed by atoms with Crippen LogP contribution in [0.15, 0.2) is 54.6 Å². The number of fused-ring (bicyclic) bond motifs is 1. The minimum absolute atomic E-state index is 0.284. The van der Waals surface area contributed by atoms with Crippen LogP contribution in [-0.2, 0) is 0 Å². The van der Waals surface area contributed by atoms with Crippen LogP contribution < -0.4 is 19.5 Å². The van der Waals surface area contributed by atoms with E-state index in [1.54, 1.807) is 46.5 Å². The Labute approximate surface area is 179 Å². The Morgan fingerprint density at radius 3 is 2.19 bits per heavy atom. The van der Waals surface area contributed by atoms with Crippen molar-refractivity contribution in [1.82, 2.24) is 9.97 Å². The summed E-state index contributed by atoms with van der Waals surface area (Å²) in [5.41, 5.74) is 2.62. The van der Waals surface area contributed by atoms with Crippen molar-refractivity contribution in [1.29, 1.82) is 0 Å². The van der Waals surface area contributed by atoms with Gasteiger partial charge in [0, 0.05) is 16.6 Å². The van der Waals surface area contributed by atoms with Crippen molar-refractivity contribution >= 4 is 22.4 Å². The van der Waals surface area contributed by atoms with E-state index in [1.807, 2.05) is 30.3 Å². The van der Waals surface area contributed by atoms with Crippen LogP contribution in [0.2, 0.25) is 0 Å². The van der Waals surface area contributed by atoms with Crippen LogP contribution in [0.3, 0.4) is 0 Å². The summed E-state index contributed by atoms with van der Waals surface area (Å²) >= 11 is 0. The molecule has 0 fully saturated rings. The molecule has 0 unspecified atom stereocenters. The minimum atomic E-state index is -0.284. The number of aryl methyl sites for hydroxylation is 1. The van der Waals surface area contributed by atoms with Crippen molar-refractivity contribution in [3.8, 4) is 28.6 Å². The molecule has 7 heteroatoms. The van der Waals surface area contributed by atoms with Gasteiger partial charge in [0.15, 0.2) is 17.3 Å². The topological polar surface area (TPSA) is 65.5 Å². The number of nitrogens with zero attached hydrogens (tertiary/aromatic N) is 2. The molecule has 31 heavy (non-hydrogen) atoms. The Bertz CT molecular complexity index is 1240. The van der Waals surface area contributed by atoms with Gasteiger partial charge in [0.1, 0.15) is 11.6 Å². The molecular weight excluding hydrogens is 397 g/mol. The summed E-state index contributed by atoms with van der Waals surface area (Å²) in [6, 6.07) is 16.2. The number of rotatable bonds is 6. The largest absolute Gasteiger partial charge is 0.493 e. The Hall–Kier alpha value is -3.87. The predicted molar refractivity (Wildman–Crippen MR) is 119 cm³/mol. The lowest BCUT2D eigenvalue weighted by molar-refractivity contribution is 0.324. The second kappa shape index (κ2) is 8.47. The van der Waals surface area contributed by atoms with E-state index in [9.17, 15) is 4.39 Å². The van der Waals surface area contributed by atoms with Crippen molar-refractivity contribution < 1.29 is 18.6 Å². The van der Waals surface area contributed by atoms with Crippen LogP contribution in [0.5, 0.6) is 17.2 Å². The summed E-state index contributed by atoms with van der Waals surface area (Å²) in [4.78, 5) is 9.44. The smallest absolute Gasteiger partial charge is 0.203 e. The van der Waals surface area contributed by atoms with Gasteiger partial charge in [-0.25, -0.2) is 14.4 Å². The van der Waals surface area contributed by atoms with Gasteiger partial charge in [-0.1, -0.05) is 18.2 Å². The highest BCUT2D eigenvalue weighted by molar-refractivity contribution is 5.92. The average Bonchev–Trinajstić information content (AvgIpc) is 2.80. The van der Waals surface area contributed by atoms with Gasteiger partial charge >= 0.3 is 0 Å². The van der Waals surface area contributed by atoms with E-state index in [1.165, 1.54) is 6.07 Å². The molecule has 0 saturated carbocycles. The fourth-order valence-electron chi connectivity index (χ4n) is 3.32. The maximum atomic E-state index is 14.1. The number of nitrogens with one attached hydrogen (secondary N) is 1. The van der Waals surface area contributed by atoms with E-state index in [-0.39, 0.29) is 5.82 Å². The Morgan fingerprint density at radius 2 is 1.55 bits per heavy atom. The van der Waals surface area contributed by atoms with Crippen LogP contribution in [0, 0.1) is 12.7 Å². The lowest BCUT2D eigenvalue weighted by atomic mass is 10.1. The van der Waals surface area contributed by atoms with Gasteiger partial charge in [0.2, 0.25) is 5.75 Å². The van der Waals surface area contributed by atoms with E-state index in [4.69, 9.17) is 24.2 Å². The maximum Gasteiger partial charge on any atom is 0.203 e. The van der Waals surface area contributed by atoms with Crippen molar-refractivity contribution in [3.05, 3.63) is 66.0 Å². The highest BCUT2D eigenvalue weighted by atomic mass is 19.1.